The van der Waals surface area contributed by atoms with Gasteiger partial charge in [-0.2, -0.15) is 0 Å². The van der Waals surface area contributed by atoms with Gasteiger partial charge >= 0.3 is 0 Å². The van der Waals surface area contributed by atoms with Crippen LogP contribution in [0.15, 0.2) is 12.1 Å². The van der Waals surface area contributed by atoms with Crippen molar-refractivity contribution >= 4 is 11.6 Å². The normalized spacial score (nSPS) is 10.6. The third kappa shape index (κ3) is 3.19. The van der Waals surface area contributed by atoms with Crippen LogP contribution in [0.2, 0.25) is 0 Å². The lowest BCUT2D eigenvalue weighted by molar-refractivity contribution is -0.121. The van der Waals surface area contributed by atoms with Gasteiger partial charge in [-0.05, 0) is 37.1 Å². The molecule has 0 aliphatic rings. The molecule has 18 heavy (non-hydrogen) atoms. The number of aryl methyl sites for hydroxylation is 2. The van der Waals surface area contributed by atoms with Gasteiger partial charge in [-0.25, -0.2) is 0 Å². The van der Waals surface area contributed by atoms with E-state index in [1.165, 1.54) is 7.11 Å². The summed E-state index contributed by atoms with van der Waals surface area (Å²) in [6, 6.07) is 3.63. The number of methoxy groups -OCH3 is 1. The molecule has 1 aromatic rings. The molecule has 1 rings (SSSR count). The number of ether oxygens (including phenoxy) is 1. The molecule has 0 aliphatic carbocycles. The second-order valence-corrected chi connectivity index (χ2v) is 4.86. The van der Waals surface area contributed by atoms with Crippen molar-refractivity contribution in [3.05, 3.63) is 28.8 Å². The van der Waals surface area contributed by atoms with E-state index in [1.54, 1.807) is 19.9 Å². The maximum Gasteiger partial charge on any atom is 0.173 e. The molecule has 0 bridgehead atoms. The van der Waals surface area contributed by atoms with Gasteiger partial charge in [-0.1, -0.05) is 13.8 Å². The highest BCUT2D eigenvalue weighted by Gasteiger charge is 2.18. The molecule has 0 unspecified atom stereocenters. The first kappa shape index (κ1) is 14.4. The average molecular weight is 248 g/mol. The zero-order valence-electron chi connectivity index (χ0n) is 11.7. The molecule has 0 saturated heterocycles. The molecule has 0 spiro atoms. The summed E-state index contributed by atoms with van der Waals surface area (Å²) in [6.07, 6.45) is -0.0590. The highest BCUT2D eigenvalue weighted by atomic mass is 16.5. The summed E-state index contributed by atoms with van der Waals surface area (Å²) in [5.74, 6) is 0.208. The van der Waals surface area contributed by atoms with Crippen LogP contribution < -0.4 is 4.74 Å². The molecule has 0 aromatic heterocycles. The summed E-state index contributed by atoms with van der Waals surface area (Å²) in [6.45, 7) is 7.50. The van der Waals surface area contributed by atoms with Gasteiger partial charge < -0.3 is 4.74 Å². The van der Waals surface area contributed by atoms with Crippen LogP contribution in [0.25, 0.3) is 0 Å². The molecule has 0 saturated carbocycles. The predicted octanol–water partition coefficient (Wildman–Crippen LogP) is 3.11. The van der Waals surface area contributed by atoms with E-state index in [0.29, 0.717) is 11.3 Å². The minimum absolute atomic E-state index is 0.0414. The Morgan fingerprint density at radius 1 is 1.17 bits per heavy atom. The van der Waals surface area contributed by atoms with Crippen molar-refractivity contribution in [3.63, 3.8) is 0 Å². The molecular weight excluding hydrogens is 228 g/mol. The summed E-state index contributed by atoms with van der Waals surface area (Å²) in [7, 11) is 1.53. The minimum Gasteiger partial charge on any atom is -0.496 e. The minimum atomic E-state index is -0.173. The first-order chi connectivity index (χ1) is 8.36. The topological polar surface area (TPSA) is 43.4 Å². The standard InChI is InChI=1S/C15H20O3/c1-9(2)13(16)8-14(17)12-6-10(3)11(4)7-15(12)18-5/h6-7,9H,8H2,1-5H3. The third-order valence-corrected chi connectivity index (χ3v) is 3.09. The van der Waals surface area contributed by atoms with Crippen LogP contribution in [-0.2, 0) is 4.79 Å². The number of Topliss-reactive ketones (excluding diaryl/α,β-unsaturated/α-hetero) is 2. The van der Waals surface area contributed by atoms with Gasteiger partial charge in [-0.3, -0.25) is 9.59 Å². The summed E-state index contributed by atoms with van der Waals surface area (Å²) >= 11 is 0. The Morgan fingerprint density at radius 2 is 1.72 bits per heavy atom. The molecule has 98 valence electrons. The molecular formula is C15H20O3. The van der Waals surface area contributed by atoms with E-state index in [2.05, 4.69) is 0 Å². The summed E-state index contributed by atoms with van der Waals surface area (Å²) < 4.78 is 5.21. The highest BCUT2D eigenvalue weighted by Crippen LogP contribution is 2.24. The lowest BCUT2D eigenvalue weighted by atomic mass is 9.96. The van der Waals surface area contributed by atoms with E-state index in [4.69, 9.17) is 4.74 Å². The monoisotopic (exact) mass is 248 g/mol. The van der Waals surface area contributed by atoms with Gasteiger partial charge in [0.25, 0.3) is 0 Å². The van der Waals surface area contributed by atoms with Crippen LogP contribution >= 0.6 is 0 Å². The number of benzene rings is 1. The second-order valence-electron chi connectivity index (χ2n) is 4.86. The fourth-order valence-corrected chi connectivity index (χ4v) is 1.63. The zero-order valence-corrected chi connectivity index (χ0v) is 11.7. The van der Waals surface area contributed by atoms with Gasteiger partial charge in [0.2, 0.25) is 0 Å². The third-order valence-electron chi connectivity index (χ3n) is 3.09. The number of hydrogen-bond acceptors (Lipinski definition) is 3. The number of carbonyl (C=O) groups is 2. The molecule has 0 fully saturated rings. The molecule has 1 aromatic carbocycles. The SMILES string of the molecule is COc1cc(C)c(C)cc1C(=O)CC(=O)C(C)C. The van der Waals surface area contributed by atoms with Gasteiger partial charge in [0, 0.05) is 5.92 Å². The number of hydrogen-bond donors (Lipinski definition) is 0. The molecule has 3 heteroatoms. The van der Waals surface area contributed by atoms with Crippen molar-refractivity contribution in [1.29, 1.82) is 0 Å². The fraction of sp³-hybridized carbons (Fsp3) is 0.467. The summed E-state index contributed by atoms with van der Waals surface area (Å²) in [4.78, 5) is 23.7. The van der Waals surface area contributed by atoms with Gasteiger partial charge in [-0.15, -0.1) is 0 Å². The van der Waals surface area contributed by atoms with Crippen LogP contribution in [0.3, 0.4) is 0 Å². The van der Waals surface area contributed by atoms with Crippen molar-refractivity contribution in [2.24, 2.45) is 5.92 Å². The van der Waals surface area contributed by atoms with Crippen LogP contribution in [0.4, 0.5) is 0 Å². The van der Waals surface area contributed by atoms with Crippen molar-refractivity contribution in [2.45, 2.75) is 34.1 Å². The molecule has 0 aliphatic heterocycles. The Hall–Kier alpha value is -1.64. The Morgan fingerprint density at radius 3 is 2.22 bits per heavy atom. The number of rotatable bonds is 5. The van der Waals surface area contributed by atoms with Crippen molar-refractivity contribution in [2.75, 3.05) is 7.11 Å². The van der Waals surface area contributed by atoms with Crippen LogP contribution in [0, 0.1) is 19.8 Å². The molecule has 3 nitrogen and oxygen atoms in total. The largest absolute Gasteiger partial charge is 0.496 e. The number of ketones is 2. The predicted molar refractivity (Wildman–Crippen MR) is 71.3 cm³/mol. The molecule has 0 amide bonds. The van der Waals surface area contributed by atoms with Gasteiger partial charge in [0.15, 0.2) is 5.78 Å². The van der Waals surface area contributed by atoms with E-state index < -0.39 is 0 Å². The maximum atomic E-state index is 12.1. The second kappa shape index (κ2) is 5.80. The molecule has 0 radical (unpaired) electrons. The lowest BCUT2D eigenvalue weighted by Crippen LogP contribution is -2.14. The van der Waals surface area contributed by atoms with Crippen LogP contribution in [-0.4, -0.2) is 18.7 Å². The Bertz CT molecular complexity index is 473. The van der Waals surface area contributed by atoms with E-state index in [-0.39, 0.29) is 23.9 Å². The Labute approximate surface area is 108 Å². The van der Waals surface area contributed by atoms with Crippen molar-refractivity contribution < 1.29 is 14.3 Å². The zero-order chi connectivity index (χ0) is 13.9. The molecule has 0 N–H and O–H groups in total. The van der Waals surface area contributed by atoms with E-state index in [1.807, 2.05) is 19.9 Å². The summed E-state index contributed by atoms with van der Waals surface area (Å²) in [5, 5.41) is 0. The maximum absolute atomic E-state index is 12.1. The lowest BCUT2D eigenvalue weighted by Gasteiger charge is -2.11. The Kier molecular flexibility index (Phi) is 4.65. The Balaban J connectivity index is 3.05. The van der Waals surface area contributed by atoms with E-state index in [9.17, 15) is 9.59 Å². The summed E-state index contributed by atoms with van der Waals surface area (Å²) in [5.41, 5.74) is 2.59. The first-order valence-corrected chi connectivity index (χ1v) is 6.08. The van der Waals surface area contributed by atoms with Crippen molar-refractivity contribution in [3.8, 4) is 5.75 Å². The van der Waals surface area contributed by atoms with E-state index >= 15 is 0 Å². The van der Waals surface area contributed by atoms with Crippen LogP contribution in [0.1, 0.15) is 41.8 Å². The van der Waals surface area contributed by atoms with Crippen molar-refractivity contribution in [1.82, 2.24) is 0 Å². The van der Waals surface area contributed by atoms with Crippen LogP contribution in [0.5, 0.6) is 5.75 Å². The van der Waals surface area contributed by atoms with Gasteiger partial charge in [0.1, 0.15) is 11.5 Å². The van der Waals surface area contributed by atoms with Gasteiger partial charge in [0.05, 0.1) is 19.1 Å². The highest BCUT2D eigenvalue weighted by molar-refractivity contribution is 6.09. The quantitative estimate of drug-likeness (QED) is 0.594. The molecule has 0 atom stereocenters. The molecule has 0 heterocycles. The smallest absolute Gasteiger partial charge is 0.173 e. The average Bonchev–Trinajstić information content (AvgIpc) is 2.31. The first-order valence-electron chi connectivity index (χ1n) is 6.08. The fourth-order valence-electron chi connectivity index (χ4n) is 1.63. The number of carbonyl (C=O) groups excluding carboxylic acids is 2. The van der Waals surface area contributed by atoms with E-state index in [0.717, 1.165) is 11.1 Å².